The van der Waals surface area contributed by atoms with Gasteiger partial charge in [0.25, 0.3) is 0 Å². The average molecular weight is 208 g/mol. The van der Waals surface area contributed by atoms with Crippen molar-refractivity contribution < 1.29 is 31.4 Å². The van der Waals surface area contributed by atoms with Crippen molar-refractivity contribution >= 4 is 0 Å². The summed E-state index contributed by atoms with van der Waals surface area (Å²) in [6.45, 7) is -1.84. The minimum atomic E-state index is -4.80. The molecular weight excluding hydrogens is 199 g/mol. The first-order valence-electron chi connectivity index (χ1n) is 3.47. The fourth-order valence-electron chi connectivity index (χ4n) is 0.516. The molecule has 0 rings (SSSR count). The third kappa shape index (κ3) is 3.43. The molecular formula is C6H9F5O2. The van der Waals surface area contributed by atoms with E-state index in [1.165, 1.54) is 0 Å². The first-order valence-corrected chi connectivity index (χ1v) is 3.47. The second kappa shape index (κ2) is 4.71. The fraction of sp³-hybridized carbons (Fsp3) is 1.00. The molecule has 0 aromatic carbocycles. The molecule has 13 heavy (non-hydrogen) atoms. The second-order valence-corrected chi connectivity index (χ2v) is 2.00. The lowest BCUT2D eigenvalue weighted by atomic mass is 10.5. The number of halogens is 5. The van der Waals surface area contributed by atoms with Crippen LogP contribution in [0.4, 0.5) is 22.0 Å². The molecule has 0 aromatic heterocycles. The molecule has 0 aliphatic heterocycles. The van der Waals surface area contributed by atoms with Crippen LogP contribution < -0.4 is 0 Å². The van der Waals surface area contributed by atoms with Crippen molar-refractivity contribution in [3.8, 4) is 0 Å². The zero-order valence-electron chi connectivity index (χ0n) is 6.83. The van der Waals surface area contributed by atoms with Gasteiger partial charge in [0, 0.05) is 0 Å². The van der Waals surface area contributed by atoms with Gasteiger partial charge in [0.05, 0.1) is 13.2 Å². The van der Waals surface area contributed by atoms with E-state index in [1.807, 2.05) is 0 Å². The van der Waals surface area contributed by atoms with E-state index in [2.05, 4.69) is 9.47 Å². The maximum absolute atomic E-state index is 12.3. The van der Waals surface area contributed by atoms with Crippen LogP contribution in [0.5, 0.6) is 0 Å². The van der Waals surface area contributed by atoms with Crippen molar-refractivity contribution in [1.82, 2.24) is 0 Å². The molecule has 2 nitrogen and oxygen atoms in total. The number of alkyl halides is 5. The number of ether oxygens (including phenoxy) is 2. The Labute approximate surface area is 71.6 Å². The van der Waals surface area contributed by atoms with Gasteiger partial charge in [-0.2, -0.15) is 17.6 Å². The van der Waals surface area contributed by atoms with Gasteiger partial charge in [-0.1, -0.05) is 0 Å². The molecule has 80 valence electrons. The largest absolute Gasteiger partial charge is 0.448 e. The smallest absolute Gasteiger partial charge is 0.314 e. The van der Waals surface area contributed by atoms with Gasteiger partial charge < -0.3 is 9.47 Å². The van der Waals surface area contributed by atoms with E-state index in [1.54, 1.807) is 0 Å². The third-order valence-electron chi connectivity index (χ3n) is 1.02. The molecule has 0 saturated heterocycles. The fourth-order valence-corrected chi connectivity index (χ4v) is 0.516. The van der Waals surface area contributed by atoms with Crippen molar-refractivity contribution in [3.63, 3.8) is 0 Å². The molecule has 0 unspecified atom stereocenters. The quantitative estimate of drug-likeness (QED) is 0.623. The summed E-state index contributed by atoms with van der Waals surface area (Å²) < 4.78 is 67.4. The van der Waals surface area contributed by atoms with E-state index < -0.39 is 32.1 Å². The van der Waals surface area contributed by atoms with E-state index in [-0.39, 0.29) is 0 Å². The molecule has 0 radical (unpaired) electrons. The molecule has 0 saturated carbocycles. The van der Waals surface area contributed by atoms with Gasteiger partial charge in [-0.3, -0.25) is 0 Å². The Hall–Kier alpha value is -0.430. The van der Waals surface area contributed by atoms with Gasteiger partial charge in [0.15, 0.2) is 0 Å². The molecule has 0 amide bonds. The lowest BCUT2D eigenvalue weighted by Crippen LogP contribution is -2.45. The summed E-state index contributed by atoms with van der Waals surface area (Å²) in [5.74, 6) is 0. The van der Waals surface area contributed by atoms with Crippen LogP contribution >= 0.6 is 0 Å². The Kier molecular flexibility index (Phi) is 4.55. The summed E-state index contributed by atoms with van der Waals surface area (Å²) in [4.78, 5) is 0. The molecule has 0 N–H and O–H groups in total. The third-order valence-corrected chi connectivity index (χ3v) is 1.02. The molecule has 0 bridgehead atoms. The van der Waals surface area contributed by atoms with Gasteiger partial charge in [-0.05, 0) is 6.92 Å². The molecule has 0 aromatic rings. The first kappa shape index (κ1) is 12.6. The minimum absolute atomic E-state index is 0.596. The van der Waals surface area contributed by atoms with Crippen LogP contribution in [0.25, 0.3) is 0 Å². The monoisotopic (exact) mass is 208 g/mol. The van der Waals surface area contributed by atoms with Crippen molar-refractivity contribution in [1.29, 1.82) is 0 Å². The first-order chi connectivity index (χ1) is 5.87. The highest BCUT2D eigenvalue weighted by molar-refractivity contribution is 4.65. The Bertz CT molecular complexity index is 150. The Morgan fingerprint density at radius 1 is 1.00 bits per heavy atom. The number of rotatable bonds is 6. The topological polar surface area (TPSA) is 18.5 Å². The van der Waals surface area contributed by atoms with Crippen LogP contribution in [0, 0.1) is 0 Å². The van der Waals surface area contributed by atoms with Crippen LogP contribution in [0.2, 0.25) is 0 Å². The molecule has 0 heterocycles. The van der Waals surface area contributed by atoms with E-state index >= 15 is 0 Å². The van der Waals surface area contributed by atoms with Crippen LogP contribution in [-0.4, -0.2) is 32.1 Å². The normalized spacial score (nSPS) is 13.4. The minimum Gasteiger partial charge on any atom is -0.314 e. The van der Waals surface area contributed by atoms with Gasteiger partial charge in [0.1, 0.15) is 6.67 Å². The van der Waals surface area contributed by atoms with Crippen molar-refractivity contribution in [2.45, 2.75) is 19.1 Å². The Balaban J connectivity index is 4.22. The summed E-state index contributed by atoms with van der Waals surface area (Å²) in [5, 5.41) is 0. The molecule has 0 spiro atoms. The SMILES string of the molecule is CCOC(F)(F)C(F)(F)OCCF. The lowest BCUT2D eigenvalue weighted by Gasteiger charge is -2.24. The Morgan fingerprint density at radius 2 is 1.46 bits per heavy atom. The van der Waals surface area contributed by atoms with E-state index in [0.29, 0.717) is 0 Å². The average Bonchev–Trinajstić information content (AvgIpc) is 2.00. The molecule has 0 aliphatic rings. The Morgan fingerprint density at radius 3 is 1.85 bits per heavy atom. The molecule has 0 fully saturated rings. The predicted molar refractivity (Wildman–Crippen MR) is 33.4 cm³/mol. The summed E-state index contributed by atoms with van der Waals surface area (Å²) in [5.41, 5.74) is 0. The van der Waals surface area contributed by atoms with Crippen LogP contribution in [0.3, 0.4) is 0 Å². The van der Waals surface area contributed by atoms with Crippen molar-refractivity contribution in [2.75, 3.05) is 19.9 Å². The summed E-state index contributed by atoms with van der Waals surface area (Å²) >= 11 is 0. The molecule has 0 aliphatic carbocycles. The van der Waals surface area contributed by atoms with Gasteiger partial charge in [0.2, 0.25) is 0 Å². The van der Waals surface area contributed by atoms with E-state index in [4.69, 9.17) is 0 Å². The summed E-state index contributed by atoms with van der Waals surface area (Å²) in [6, 6.07) is 0. The molecule has 0 atom stereocenters. The lowest BCUT2D eigenvalue weighted by molar-refractivity contribution is -0.429. The number of hydrogen-bond acceptors (Lipinski definition) is 2. The van der Waals surface area contributed by atoms with Crippen LogP contribution in [0.15, 0.2) is 0 Å². The van der Waals surface area contributed by atoms with Gasteiger partial charge in [-0.15, -0.1) is 0 Å². The standard InChI is InChI=1S/C6H9F5O2/c1-2-12-5(8,9)6(10,11)13-4-3-7/h2-4H2,1H3. The van der Waals surface area contributed by atoms with Crippen molar-refractivity contribution in [2.24, 2.45) is 0 Å². The van der Waals surface area contributed by atoms with E-state index in [9.17, 15) is 22.0 Å². The highest BCUT2D eigenvalue weighted by Crippen LogP contribution is 2.35. The van der Waals surface area contributed by atoms with Gasteiger partial charge >= 0.3 is 12.2 Å². The summed E-state index contributed by atoms with van der Waals surface area (Å²) in [6.07, 6.45) is -9.52. The highest BCUT2D eigenvalue weighted by atomic mass is 19.3. The van der Waals surface area contributed by atoms with E-state index in [0.717, 1.165) is 6.92 Å². The van der Waals surface area contributed by atoms with Gasteiger partial charge in [-0.25, -0.2) is 4.39 Å². The second-order valence-electron chi connectivity index (χ2n) is 2.00. The highest BCUT2D eigenvalue weighted by Gasteiger charge is 2.59. The maximum Gasteiger partial charge on any atom is 0.448 e. The summed E-state index contributed by atoms with van der Waals surface area (Å²) in [7, 11) is 0. The van der Waals surface area contributed by atoms with Crippen molar-refractivity contribution in [3.05, 3.63) is 0 Å². The zero-order chi connectivity index (χ0) is 10.5. The number of hydrogen-bond donors (Lipinski definition) is 0. The maximum atomic E-state index is 12.3. The molecule has 7 heteroatoms. The predicted octanol–water partition coefficient (Wildman–Crippen LogP) is 2.19. The van der Waals surface area contributed by atoms with Crippen LogP contribution in [0.1, 0.15) is 6.92 Å². The zero-order valence-corrected chi connectivity index (χ0v) is 6.83. The van der Waals surface area contributed by atoms with Crippen LogP contribution in [-0.2, 0) is 9.47 Å².